The monoisotopic (exact) mass is 858 g/mol. The number of fused-ring (bicyclic) bond motifs is 7. The molecule has 0 amide bonds. The van der Waals surface area contributed by atoms with Crippen molar-refractivity contribution in [1.29, 1.82) is 0 Å². The zero-order valence-corrected chi connectivity index (χ0v) is 36.5. The fraction of sp³-hybridized carbons (Fsp3) is 0. The van der Waals surface area contributed by atoms with Gasteiger partial charge in [0.2, 0.25) is 0 Å². The molecule has 0 radical (unpaired) electrons. The first-order chi connectivity index (χ1) is 32.7. The average molecular weight is 859 g/mol. The summed E-state index contributed by atoms with van der Waals surface area (Å²) in [5.74, 6) is 1.82. The van der Waals surface area contributed by atoms with Crippen LogP contribution in [-0.2, 0) is 0 Å². The van der Waals surface area contributed by atoms with E-state index >= 15 is 0 Å². The summed E-state index contributed by atoms with van der Waals surface area (Å²) in [5, 5.41) is 7.41. The third-order valence-corrected chi connectivity index (χ3v) is 14.0. The second-order valence-corrected chi connectivity index (χ2v) is 17.9. The summed E-state index contributed by atoms with van der Waals surface area (Å²) in [6.07, 6.45) is 0. The summed E-state index contributed by atoms with van der Waals surface area (Å²) in [6.45, 7) is 0. The maximum Gasteiger partial charge on any atom is 0.166 e. The van der Waals surface area contributed by atoms with E-state index in [2.05, 4.69) is 235 Å². The summed E-state index contributed by atoms with van der Waals surface area (Å²) in [7, 11) is 0. The number of hydrogen-bond donors (Lipinski definition) is 0. The van der Waals surface area contributed by atoms with E-state index in [1.165, 1.54) is 41.7 Å². The molecule has 0 N–H and O–H groups in total. The minimum atomic E-state index is 0.599. The maximum atomic E-state index is 5.41. The zero-order chi connectivity index (χ0) is 43.6. The van der Waals surface area contributed by atoms with E-state index in [4.69, 9.17) is 15.0 Å². The molecule has 13 aromatic rings. The number of thiophene rings is 1. The second kappa shape index (κ2) is 15.6. The van der Waals surface area contributed by atoms with Gasteiger partial charge in [-0.1, -0.05) is 182 Å². The highest BCUT2D eigenvalue weighted by molar-refractivity contribution is 7.25. The van der Waals surface area contributed by atoms with Crippen molar-refractivity contribution in [3.05, 3.63) is 231 Å². The van der Waals surface area contributed by atoms with Gasteiger partial charge in [0, 0.05) is 47.6 Å². The van der Waals surface area contributed by atoms with Crippen molar-refractivity contribution in [1.82, 2.24) is 19.5 Å². The SMILES string of the molecule is c1ccc(-c2ccc(-c3nc(-c4ccc(-c5ccc6ccccc6c5)cc4)nc(-c4cccc(-c5ccc6c(c5)sc5ccccc56)c4)n3)c(-n3c4ccccc4c4ccccc43)c2)cc1. The van der Waals surface area contributed by atoms with E-state index in [-0.39, 0.29) is 0 Å². The molecule has 0 unspecified atom stereocenters. The number of para-hydroxylation sites is 2. The van der Waals surface area contributed by atoms with Gasteiger partial charge in [-0.05, 0) is 92.7 Å². The second-order valence-electron chi connectivity index (χ2n) is 16.8. The molecule has 4 nitrogen and oxygen atoms in total. The van der Waals surface area contributed by atoms with Crippen LogP contribution in [-0.4, -0.2) is 19.5 Å². The minimum Gasteiger partial charge on any atom is -0.308 e. The number of nitrogens with zero attached hydrogens (tertiary/aromatic N) is 4. The molecule has 0 spiro atoms. The summed E-state index contributed by atoms with van der Waals surface area (Å²) in [5.41, 5.74) is 12.8. The summed E-state index contributed by atoms with van der Waals surface area (Å²) in [6, 6.07) is 82.3. The molecule has 0 saturated carbocycles. The average Bonchev–Trinajstić information content (AvgIpc) is 3.94. The van der Waals surface area contributed by atoms with Crippen LogP contribution in [0.1, 0.15) is 0 Å². The Balaban J connectivity index is 1.00. The van der Waals surface area contributed by atoms with Gasteiger partial charge in [0.15, 0.2) is 17.5 Å². The first kappa shape index (κ1) is 38.0. The van der Waals surface area contributed by atoms with Crippen molar-refractivity contribution >= 4 is 64.1 Å². The lowest BCUT2D eigenvalue weighted by atomic mass is 10.00. The molecule has 0 aliphatic carbocycles. The minimum absolute atomic E-state index is 0.599. The number of benzene rings is 10. The van der Waals surface area contributed by atoms with Gasteiger partial charge in [-0.25, -0.2) is 15.0 Å². The van der Waals surface area contributed by atoms with E-state index in [0.29, 0.717) is 17.5 Å². The Bertz CT molecular complexity index is 3940. The Kier molecular flexibility index (Phi) is 9.00. The normalized spacial score (nSPS) is 11.6. The molecule has 13 rings (SSSR count). The first-order valence-electron chi connectivity index (χ1n) is 22.2. The molecule has 0 fully saturated rings. The lowest BCUT2D eigenvalue weighted by Crippen LogP contribution is -2.04. The molecule has 0 bridgehead atoms. The molecule has 3 heterocycles. The van der Waals surface area contributed by atoms with Crippen molar-refractivity contribution in [2.24, 2.45) is 0 Å². The Morgan fingerprint density at radius 1 is 0.288 bits per heavy atom. The fourth-order valence-electron chi connectivity index (χ4n) is 9.58. The lowest BCUT2D eigenvalue weighted by molar-refractivity contribution is 1.06. The predicted molar refractivity (Wildman–Crippen MR) is 277 cm³/mol. The molecule has 0 aliphatic heterocycles. The Labute approximate surface area is 385 Å². The van der Waals surface area contributed by atoms with Gasteiger partial charge < -0.3 is 4.57 Å². The Morgan fingerprint density at radius 2 is 0.803 bits per heavy atom. The third kappa shape index (κ3) is 6.56. The standard InChI is InChI=1S/C61H38N4S/c1-2-13-39(14-3-1)46-32-34-53(56(37-46)65-54-22-9-6-19-49(54)50-20-7-10-23-55(50)65)61-63-59(42-28-25-41(26-29-42)45-30-27-40-15-4-5-16-43(40)35-45)62-60(64-61)48-18-12-17-44(36-48)47-31-33-52-51-21-8-11-24-57(51)66-58(52)38-47/h1-38H. The highest BCUT2D eigenvalue weighted by Crippen LogP contribution is 2.40. The van der Waals surface area contributed by atoms with E-state index in [0.717, 1.165) is 66.8 Å². The molecule has 0 atom stereocenters. The molecule has 10 aromatic carbocycles. The zero-order valence-electron chi connectivity index (χ0n) is 35.6. The van der Waals surface area contributed by atoms with Gasteiger partial charge in [0.05, 0.1) is 16.7 Å². The van der Waals surface area contributed by atoms with Crippen LogP contribution in [0, 0.1) is 0 Å². The van der Waals surface area contributed by atoms with Crippen molar-refractivity contribution in [3.8, 4) is 73.2 Å². The Hall–Kier alpha value is -8.51. The van der Waals surface area contributed by atoms with E-state index in [9.17, 15) is 0 Å². The van der Waals surface area contributed by atoms with Gasteiger partial charge in [-0.15, -0.1) is 11.3 Å². The summed E-state index contributed by atoms with van der Waals surface area (Å²) in [4.78, 5) is 16.1. The molecular weight excluding hydrogens is 821 g/mol. The van der Waals surface area contributed by atoms with E-state index in [1.54, 1.807) is 0 Å². The molecule has 5 heteroatoms. The molecule has 0 saturated heterocycles. The fourth-order valence-corrected chi connectivity index (χ4v) is 10.7. The number of aromatic nitrogens is 4. The van der Waals surface area contributed by atoms with Crippen LogP contribution in [0.5, 0.6) is 0 Å². The highest BCUT2D eigenvalue weighted by Gasteiger charge is 2.21. The largest absolute Gasteiger partial charge is 0.308 e. The van der Waals surface area contributed by atoms with E-state index < -0.39 is 0 Å². The van der Waals surface area contributed by atoms with Crippen LogP contribution in [0.4, 0.5) is 0 Å². The third-order valence-electron chi connectivity index (χ3n) is 12.9. The van der Waals surface area contributed by atoms with Gasteiger partial charge in [-0.3, -0.25) is 0 Å². The van der Waals surface area contributed by atoms with Crippen molar-refractivity contribution in [2.45, 2.75) is 0 Å². The van der Waals surface area contributed by atoms with Gasteiger partial charge in [-0.2, -0.15) is 0 Å². The summed E-state index contributed by atoms with van der Waals surface area (Å²) < 4.78 is 4.94. The predicted octanol–water partition coefficient (Wildman–Crippen LogP) is 16.5. The lowest BCUT2D eigenvalue weighted by Gasteiger charge is -2.16. The molecule has 0 aliphatic rings. The summed E-state index contributed by atoms with van der Waals surface area (Å²) >= 11 is 1.84. The highest BCUT2D eigenvalue weighted by atomic mass is 32.1. The Morgan fingerprint density at radius 3 is 1.61 bits per heavy atom. The molecular formula is C61H38N4S. The first-order valence-corrected chi connectivity index (χ1v) is 23.1. The van der Waals surface area contributed by atoms with Crippen LogP contribution in [0.2, 0.25) is 0 Å². The molecule has 66 heavy (non-hydrogen) atoms. The molecule has 308 valence electrons. The topological polar surface area (TPSA) is 43.6 Å². The number of rotatable bonds is 7. The quantitative estimate of drug-likeness (QED) is 0.160. The van der Waals surface area contributed by atoms with Gasteiger partial charge in [0.25, 0.3) is 0 Å². The van der Waals surface area contributed by atoms with Crippen LogP contribution in [0.15, 0.2) is 231 Å². The smallest absolute Gasteiger partial charge is 0.166 e. The van der Waals surface area contributed by atoms with Crippen molar-refractivity contribution in [2.75, 3.05) is 0 Å². The van der Waals surface area contributed by atoms with Crippen molar-refractivity contribution < 1.29 is 0 Å². The van der Waals surface area contributed by atoms with Gasteiger partial charge in [0.1, 0.15) is 0 Å². The van der Waals surface area contributed by atoms with Crippen molar-refractivity contribution in [3.63, 3.8) is 0 Å². The van der Waals surface area contributed by atoms with Crippen LogP contribution in [0.25, 0.3) is 126 Å². The van der Waals surface area contributed by atoms with Gasteiger partial charge >= 0.3 is 0 Å². The van der Waals surface area contributed by atoms with Crippen LogP contribution >= 0.6 is 11.3 Å². The number of hydrogen-bond acceptors (Lipinski definition) is 4. The van der Waals surface area contributed by atoms with Crippen LogP contribution in [0.3, 0.4) is 0 Å². The van der Waals surface area contributed by atoms with Crippen LogP contribution < -0.4 is 0 Å². The van der Waals surface area contributed by atoms with E-state index in [1.807, 2.05) is 11.3 Å². The molecule has 3 aromatic heterocycles. The maximum absolute atomic E-state index is 5.41.